The van der Waals surface area contributed by atoms with Crippen molar-refractivity contribution in [3.05, 3.63) is 0 Å². The van der Waals surface area contributed by atoms with E-state index in [1.165, 1.54) is 0 Å². The van der Waals surface area contributed by atoms with Crippen LogP contribution in [0.2, 0.25) is 0 Å². The average molecular weight is 218 g/mol. The summed E-state index contributed by atoms with van der Waals surface area (Å²) in [5.74, 6) is -6.54. The molecule has 0 saturated heterocycles. The highest BCUT2D eigenvalue weighted by Gasteiger charge is 2.74. The van der Waals surface area contributed by atoms with Crippen LogP contribution in [-0.4, -0.2) is 23.2 Å². The van der Waals surface area contributed by atoms with Gasteiger partial charge in [-0.1, -0.05) is 0 Å². The van der Waals surface area contributed by atoms with Gasteiger partial charge in [0.2, 0.25) is 0 Å². The van der Waals surface area contributed by atoms with Crippen molar-refractivity contribution in [2.24, 2.45) is 5.41 Å². The lowest BCUT2D eigenvalue weighted by molar-refractivity contribution is -0.309. The summed E-state index contributed by atoms with van der Waals surface area (Å²) in [5.41, 5.74) is -2.41. The lowest BCUT2D eigenvalue weighted by Gasteiger charge is -2.27. The third kappa shape index (κ3) is 1.55. The highest BCUT2D eigenvalue weighted by atomic mass is 19.4. The molecule has 0 aromatic heterocycles. The minimum absolute atomic E-state index is 0.397. The third-order valence-corrected chi connectivity index (χ3v) is 2.37. The van der Waals surface area contributed by atoms with Gasteiger partial charge in [-0.15, -0.1) is 0 Å². The summed E-state index contributed by atoms with van der Waals surface area (Å²) in [5, 5.41) is 8.22. The van der Waals surface area contributed by atoms with E-state index in [2.05, 4.69) is 0 Å². The molecular formula is C7H7F5O2. The van der Waals surface area contributed by atoms with E-state index >= 15 is 0 Å². The fraction of sp³-hybridized carbons (Fsp3) is 0.857. The van der Waals surface area contributed by atoms with E-state index < -0.39 is 42.7 Å². The molecule has 0 heterocycles. The van der Waals surface area contributed by atoms with Gasteiger partial charge < -0.3 is 5.11 Å². The quantitative estimate of drug-likeness (QED) is 0.738. The molecule has 14 heavy (non-hydrogen) atoms. The van der Waals surface area contributed by atoms with Gasteiger partial charge in [0, 0.05) is 0 Å². The van der Waals surface area contributed by atoms with Crippen molar-refractivity contribution in [2.45, 2.75) is 31.4 Å². The van der Waals surface area contributed by atoms with Crippen LogP contribution in [-0.2, 0) is 4.79 Å². The Morgan fingerprint density at radius 3 is 1.86 bits per heavy atom. The van der Waals surface area contributed by atoms with Crippen LogP contribution in [0.25, 0.3) is 0 Å². The van der Waals surface area contributed by atoms with Gasteiger partial charge in [-0.2, -0.15) is 22.0 Å². The van der Waals surface area contributed by atoms with E-state index in [0.29, 0.717) is 0 Å². The summed E-state index contributed by atoms with van der Waals surface area (Å²) in [6.45, 7) is 0. The Balaban J connectivity index is 2.87. The number of aliphatic carboxylic acids is 1. The van der Waals surface area contributed by atoms with E-state index in [1.54, 1.807) is 0 Å². The topological polar surface area (TPSA) is 37.3 Å². The minimum Gasteiger partial charge on any atom is -0.481 e. The molecule has 0 radical (unpaired) electrons. The van der Waals surface area contributed by atoms with Crippen molar-refractivity contribution in [2.75, 3.05) is 0 Å². The molecule has 0 aromatic carbocycles. The van der Waals surface area contributed by atoms with E-state index in [4.69, 9.17) is 5.11 Å². The van der Waals surface area contributed by atoms with Gasteiger partial charge >= 0.3 is 18.1 Å². The first-order valence-electron chi connectivity index (χ1n) is 3.79. The molecular weight excluding hydrogens is 211 g/mol. The maximum Gasteiger partial charge on any atom is 0.453 e. The van der Waals surface area contributed by atoms with Crippen molar-refractivity contribution < 1.29 is 31.9 Å². The Kier molecular flexibility index (Phi) is 2.24. The maximum atomic E-state index is 12.7. The smallest absolute Gasteiger partial charge is 0.453 e. The second kappa shape index (κ2) is 2.80. The van der Waals surface area contributed by atoms with Gasteiger partial charge in [-0.05, 0) is 12.8 Å². The first kappa shape index (κ1) is 11.2. The molecule has 0 aromatic rings. The van der Waals surface area contributed by atoms with Crippen molar-refractivity contribution in [1.29, 1.82) is 0 Å². The Bertz CT molecular complexity index is 253. The predicted molar refractivity (Wildman–Crippen MR) is 34.9 cm³/mol. The number of carboxylic acid groups (broad SMARTS) is 1. The monoisotopic (exact) mass is 218 g/mol. The number of hydrogen-bond donors (Lipinski definition) is 1. The van der Waals surface area contributed by atoms with Crippen LogP contribution in [0.5, 0.6) is 0 Å². The largest absolute Gasteiger partial charge is 0.481 e. The molecule has 0 bridgehead atoms. The number of halogens is 5. The second-order valence-corrected chi connectivity index (χ2v) is 3.42. The van der Waals surface area contributed by atoms with Gasteiger partial charge in [-0.3, -0.25) is 4.79 Å². The molecule has 0 atom stereocenters. The summed E-state index contributed by atoms with van der Waals surface area (Å²) in [6.07, 6.45) is -7.60. The Morgan fingerprint density at radius 2 is 1.64 bits per heavy atom. The number of carboxylic acids is 1. The highest BCUT2D eigenvalue weighted by molar-refractivity contribution is 5.68. The SMILES string of the molecule is O=C(O)CC1(C(F)(F)C(F)(F)F)CC1. The normalized spacial score (nSPS) is 20.6. The molecule has 2 nitrogen and oxygen atoms in total. The number of rotatable bonds is 3. The lowest BCUT2D eigenvalue weighted by Crippen LogP contribution is -2.45. The number of hydrogen-bond acceptors (Lipinski definition) is 1. The fourth-order valence-electron chi connectivity index (χ4n) is 1.34. The first-order chi connectivity index (χ1) is 6.12. The minimum atomic E-state index is -5.67. The van der Waals surface area contributed by atoms with Crippen LogP contribution in [0.3, 0.4) is 0 Å². The van der Waals surface area contributed by atoms with E-state index in [-0.39, 0.29) is 0 Å². The molecule has 82 valence electrons. The molecule has 1 rings (SSSR count). The Morgan fingerprint density at radius 1 is 1.21 bits per heavy atom. The van der Waals surface area contributed by atoms with Crippen molar-refractivity contribution in [1.82, 2.24) is 0 Å². The van der Waals surface area contributed by atoms with E-state index in [0.717, 1.165) is 0 Å². The van der Waals surface area contributed by atoms with Gasteiger partial charge in [0.05, 0.1) is 11.8 Å². The molecule has 1 aliphatic rings. The van der Waals surface area contributed by atoms with Crippen molar-refractivity contribution in [3.63, 3.8) is 0 Å². The van der Waals surface area contributed by atoms with Crippen molar-refractivity contribution in [3.8, 4) is 0 Å². The highest BCUT2D eigenvalue weighted by Crippen LogP contribution is 2.64. The van der Waals surface area contributed by atoms with Gasteiger partial charge in [0.25, 0.3) is 0 Å². The van der Waals surface area contributed by atoms with Crippen LogP contribution >= 0.6 is 0 Å². The Labute approximate surface area is 75.7 Å². The van der Waals surface area contributed by atoms with Crippen LogP contribution in [0.4, 0.5) is 22.0 Å². The predicted octanol–water partition coefficient (Wildman–Crippen LogP) is 2.44. The third-order valence-electron chi connectivity index (χ3n) is 2.37. The molecule has 0 aliphatic heterocycles. The molecule has 1 saturated carbocycles. The van der Waals surface area contributed by atoms with E-state index in [1.807, 2.05) is 0 Å². The summed E-state index contributed by atoms with van der Waals surface area (Å²) in [4.78, 5) is 10.1. The fourth-order valence-corrected chi connectivity index (χ4v) is 1.34. The summed E-state index contributed by atoms with van der Waals surface area (Å²) >= 11 is 0. The van der Waals surface area contributed by atoms with Crippen LogP contribution in [0.1, 0.15) is 19.3 Å². The summed E-state index contributed by atoms with van der Waals surface area (Å²) < 4.78 is 61.1. The van der Waals surface area contributed by atoms with E-state index in [9.17, 15) is 26.7 Å². The summed E-state index contributed by atoms with van der Waals surface area (Å²) in [6, 6.07) is 0. The average Bonchev–Trinajstić information content (AvgIpc) is 2.65. The zero-order chi connectivity index (χ0) is 11.2. The molecule has 1 fully saturated rings. The number of carbonyl (C=O) groups is 1. The van der Waals surface area contributed by atoms with Gasteiger partial charge in [0.1, 0.15) is 0 Å². The lowest BCUT2D eigenvalue weighted by atomic mass is 9.93. The second-order valence-electron chi connectivity index (χ2n) is 3.42. The molecule has 0 amide bonds. The van der Waals surface area contributed by atoms with Crippen LogP contribution in [0.15, 0.2) is 0 Å². The zero-order valence-corrected chi connectivity index (χ0v) is 6.87. The molecule has 1 aliphatic carbocycles. The maximum absolute atomic E-state index is 12.7. The summed E-state index contributed by atoms with van der Waals surface area (Å²) in [7, 11) is 0. The molecule has 1 N–H and O–H groups in total. The Hall–Kier alpha value is -0.880. The molecule has 0 unspecified atom stereocenters. The molecule has 0 spiro atoms. The zero-order valence-electron chi connectivity index (χ0n) is 6.87. The standard InChI is InChI=1S/C7H7F5O2/c8-6(9,7(10,11)12)5(1-2-5)3-4(13)14/h1-3H2,(H,13,14). The first-order valence-corrected chi connectivity index (χ1v) is 3.79. The van der Waals surface area contributed by atoms with Gasteiger partial charge in [0.15, 0.2) is 0 Å². The van der Waals surface area contributed by atoms with Gasteiger partial charge in [-0.25, -0.2) is 0 Å². The number of alkyl halides is 5. The van der Waals surface area contributed by atoms with Crippen molar-refractivity contribution >= 4 is 5.97 Å². The van der Waals surface area contributed by atoms with Crippen LogP contribution in [0, 0.1) is 5.41 Å². The van der Waals surface area contributed by atoms with Crippen LogP contribution < -0.4 is 0 Å². The molecule has 7 heteroatoms.